The minimum atomic E-state index is -0.152. The molecule has 2 rings (SSSR count). The van der Waals surface area contributed by atoms with E-state index in [0.29, 0.717) is 12.1 Å². The van der Waals surface area contributed by atoms with Crippen LogP contribution in [0.15, 0.2) is 54.6 Å². The van der Waals surface area contributed by atoms with Gasteiger partial charge >= 0.3 is 0 Å². The van der Waals surface area contributed by atoms with Crippen molar-refractivity contribution in [1.82, 2.24) is 5.32 Å². The van der Waals surface area contributed by atoms with Crippen molar-refractivity contribution in [3.8, 4) is 5.75 Å². The maximum atomic E-state index is 11.9. The summed E-state index contributed by atoms with van der Waals surface area (Å²) in [5, 5.41) is 12.0. The smallest absolute Gasteiger partial charge is 0.251 e. The third-order valence-corrected chi connectivity index (χ3v) is 3.58. The molecule has 19 heavy (non-hydrogen) atoms. The summed E-state index contributed by atoms with van der Waals surface area (Å²) < 4.78 is 0. The average Bonchev–Trinajstić information content (AvgIpc) is 2.46. The van der Waals surface area contributed by atoms with Gasteiger partial charge in [0, 0.05) is 12.1 Å². The van der Waals surface area contributed by atoms with Gasteiger partial charge in [0.25, 0.3) is 5.91 Å². The second-order valence-corrected chi connectivity index (χ2v) is 5.24. The number of nitrogens with one attached hydrogen (secondary N) is 1. The van der Waals surface area contributed by atoms with E-state index in [1.165, 1.54) is 12.1 Å². The number of aromatic hydroxyl groups is 1. The van der Waals surface area contributed by atoms with Crippen LogP contribution in [0.4, 0.5) is 0 Å². The van der Waals surface area contributed by atoms with Crippen LogP contribution in [0.1, 0.15) is 20.7 Å². The minimum Gasteiger partial charge on any atom is -0.508 e. The summed E-state index contributed by atoms with van der Waals surface area (Å²) in [7, 11) is 0. The van der Waals surface area contributed by atoms with Gasteiger partial charge in [-0.05, 0) is 29.8 Å². The predicted octanol–water partition coefficient (Wildman–Crippen LogP) is 3.26. The van der Waals surface area contributed by atoms with E-state index in [9.17, 15) is 4.79 Å². The molecule has 0 radical (unpaired) electrons. The monoisotopic (exact) mass is 319 g/mol. The lowest BCUT2D eigenvalue weighted by atomic mass is 10.1. The van der Waals surface area contributed by atoms with Crippen molar-refractivity contribution in [2.24, 2.45) is 0 Å². The van der Waals surface area contributed by atoms with E-state index in [1.807, 2.05) is 30.3 Å². The molecule has 0 bridgehead atoms. The molecule has 0 saturated heterocycles. The first-order valence-corrected chi connectivity index (χ1v) is 6.84. The molecule has 2 aromatic carbocycles. The van der Waals surface area contributed by atoms with Crippen LogP contribution in [0.25, 0.3) is 0 Å². The number of amides is 1. The van der Waals surface area contributed by atoms with Crippen LogP contribution in [0.2, 0.25) is 0 Å². The molecule has 0 aliphatic carbocycles. The molecule has 3 nitrogen and oxygen atoms in total. The van der Waals surface area contributed by atoms with Crippen LogP contribution < -0.4 is 5.32 Å². The molecule has 4 heteroatoms. The van der Waals surface area contributed by atoms with Gasteiger partial charge in [-0.3, -0.25) is 4.79 Å². The number of hydrogen-bond donors (Lipinski definition) is 2. The second-order valence-electron chi connectivity index (χ2n) is 4.14. The number of alkyl halides is 1. The van der Waals surface area contributed by atoms with E-state index < -0.39 is 0 Å². The van der Waals surface area contributed by atoms with Crippen molar-refractivity contribution in [3.05, 3.63) is 65.7 Å². The van der Waals surface area contributed by atoms with Crippen LogP contribution in [-0.2, 0) is 0 Å². The van der Waals surface area contributed by atoms with Crippen LogP contribution in [-0.4, -0.2) is 17.6 Å². The van der Waals surface area contributed by atoms with E-state index in [-0.39, 0.29) is 16.5 Å². The number of carbonyl (C=O) groups excluding carboxylic acids is 1. The topological polar surface area (TPSA) is 49.3 Å². The number of hydrogen-bond acceptors (Lipinski definition) is 2. The SMILES string of the molecule is O=C(NCC(Br)c1ccccc1)c1ccc(O)cc1. The minimum absolute atomic E-state index is 0.0785. The molecule has 1 amide bonds. The lowest BCUT2D eigenvalue weighted by Crippen LogP contribution is -2.26. The van der Waals surface area contributed by atoms with Gasteiger partial charge in [0.15, 0.2) is 0 Å². The third kappa shape index (κ3) is 3.83. The molecule has 0 fully saturated rings. The molecule has 2 N–H and O–H groups in total. The summed E-state index contributed by atoms with van der Waals surface area (Å²) in [5.41, 5.74) is 1.65. The molecule has 1 unspecified atom stereocenters. The van der Waals surface area contributed by atoms with Gasteiger partial charge < -0.3 is 10.4 Å². The predicted molar refractivity (Wildman–Crippen MR) is 78.6 cm³/mol. The van der Waals surface area contributed by atoms with Crippen LogP contribution in [0, 0.1) is 0 Å². The summed E-state index contributed by atoms with van der Waals surface area (Å²) in [6.07, 6.45) is 0. The molecule has 0 aliphatic rings. The lowest BCUT2D eigenvalue weighted by molar-refractivity contribution is 0.0954. The molecule has 1 atom stereocenters. The Labute approximate surface area is 120 Å². The summed E-state index contributed by atoms with van der Waals surface area (Å²) in [6, 6.07) is 16.1. The standard InChI is InChI=1S/C15H14BrNO2/c16-14(11-4-2-1-3-5-11)10-17-15(19)12-6-8-13(18)9-7-12/h1-9,14,18H,10H2,(H,17,19). The number of carbonyl (C=O) groups is 1. The quantitative estimate of drug-likeness (QED) is 0.850. The fraction of sp³-hybridized carbons (Fsp3) is 0.133. The van der Waals surface area contributed by atoms with Gasteiger partial charge in [0.05, 0.1) is 4.83 Å². The van der Waals surface area contributed by atoms with Crippen LogP contribution >= 0.6 is 15.9 Å². The van der Waals surface area contributed by atoms with Crippen molar-refractivity contribution in [1.29, 1.82) is 0 Å². The Bertz CT molecular complexity index is 540. The number of phenolic OH excluding ortho intramolecular Hbond substituents is 1. The van der Waals surface area contributed by atoms with Crippen molar-refractivity contribution < 1.29 is 9.90 Å². The highest BCUT2D eigenvalue weighted by Gasteiger charge is 2.10. The van der Waals surface area contributed by atoms with Crippen LogP contribution in [0.3, 0.4) is 0 Å². The van der Waals surface area contributed by atoms with Gasteiger partial charge in [-0.25, -0.2) is 0 Å². The molecule has 0 saturated carbocycles. The largest absolute Gasteiger partial charge is 0.508 e. The second kappa shape index (κ2) is 6.38. The molecular formula is C15H14BrNO2. The van der Waals surface area contributed by atoms with Gasteiger partial charge in [0.2, 0.25) is 0 Å². The van der Waals surface area contributed by atoms with E-state index in [2.05, 4.69) is 21.2 Å². The zero-order valence-electron chi connectivity index (χ0n) is 10.2. The summed E-state index contributed by atoms with van der Waals surface area (Å²) in [5.74, 6) is -0.000385. The molecule has 0 aliphatic heterocycles. The highest BCUT2D eigenvalue weighted by atomic mass is 79.9. The van der Waals surface area contributed by atoms with E-state index in [4.69, 9.17) is 5.11 Å². The Balaban J connectivity index is 1.92. The van der Waals surface area contributed by atoms with E-state index >= 15 is 0 Å². The normalized spacial score (nSPS) is 11.8. The zero-order chi connectivity index (χ0) is 13.7. The zero-order valence-corrected chi connectivity index (χ0v) is 11.8. The Kier molecular flexibility index (Phi) is 4.58. The maximum Gasteiger partial charge on any atom is 0.251 e. The van der Waals surface area contributed by atoms with Crippen molar-refractivity contribution in [3.63, 3.8) is 0 Å². The highest BCUT2D eigenvalue weighted by Crippen LogP contribution is 2.21. The third-order valence-electron chi connectivity index (χ3n) is 2.73. The molecule has 98 valence electrons. The Hall–Kier alpha value is -1.81. The first kappa shape index (κ1) is 13.6. The molecule has 0 heterocycles. The highest BCUT2D eigenvalue weighted by molar-refractivity contribution is 9.09. The van der Waals surface area contributed by atoms with E-state index in [1.54, 1.807) is 12.1 Å². The van der Waals surface area contributed by atoms with Gasteiger partial charge in [-0.2, -0.15) is 0 Å². The van der Waals surface area contributed by atoms with Gasteiger partial charge in [-0.1, -0.05) is 46.3 Å². The number of halogens is 1. The number of rotatable bonds is 4. The first-order valence-electron chi connectivity index (χ1n) is 5.93. The summed E-state index contributed by atoms with van der Waals surface area (Å²) >= 11 is 3.54. The van der Waals surface area contributed by atoms with Crippen molar-refractivity contribution in [2.75, 3.05) is 6.54 Å². The Morgan fingerprint density at radius 2 is 1.74 bits per heavy atom. The Morgan fingerprint density at radius 3 is 2.37 bits per heavy atom. The first-order chi connectivity index (χ1) is 9.16. The average molecular weight is 320 g/mol. The summed E-state index contributed by atoms with van der Waals surface area (Å²) in [6.45, 7) is 0.504. The van der Waals surface area contributed by atoms with Crippen molar-refractivity contribution >= 4 is 21.8 Å². The van der Waals surface area contributed by atoms with Crippen LogP contribution in [0.5, 0.6) is 5.75 Å². The fourth-order valence-corrected chi connectivity index (χ4v) is 2.14. The fourth-order valence-electron chi connectivity index (χ4n) is 1.68. The molecule has 0 spiro atoms. The molecule has 2 aromatic rings. The maximum absolute atomic E-state index is 11.9. The summed E-state index contributed by atoms with van der Waals surface area (Å²) in [4.78, 5) is 12.0. The van der Waals surface area contributed by atoms with Gasteiger partial charge in [0.1, 0.15) is 5.75 Å². The van der Waals surface area contributed by atoms with Gasteiger partial charge in [-0.15, -0.1) is 0 Å². The molecule has 0 aromatic heterocycles. The molecular weight excluding hydrogens is 306 g/mol. The lowest BCUT2D eigenvalue weighted by Gasteiger charge is -2.11. The number of benzene rings is 2. The number of phenols is 1. The Morgan fingerprint density at radius 1 is 1.11 bits per heavy atom. The van der Waals surface area contributed by atoms with E-state index in [0.717, 1.165) is 5.56 Å². The van der Waals surface area contributed by atoms with Crippen molar-refractivity contribution in [2.45, 2.75) is 4.83 Å².